The molecule has 0 spiro atoms. The van der Waals surface area contributed by atoms with Crippen molar-refractivity contribution in [1.82, 2.24) is 4.98 Å². The summed E-state index contributed by atoms with van der Waals surface area (Å²) in [5.41, 5.74) is 0.802. The van der Waals surface area contributed by atoms with Gasteiger partial charge < -0.3 is 5.11 Å². The predicted octanol–water partition coefficient (Wildman–Crippen LogP) is 3.87. The zero-order valence-electron chi connectivity index (χ0n) is 10.2. The molecule has 2 heteroatoms. The monoisotopic (exact) mass is 221 g/mol. The topological polar surface area (TPSA) is 33.1 Å². The molecule has 1 unspecified atom stereocenters. The average Bonchev–Trinajstić information content (AvgIpc) is 2.34. The highest BCUT2D eigenvalue weighted by Crippen LogP contribution is 2.17. The molecule has 0 fully saturated rings. The van der Waals surface area contributed by atoms with Gasteiger partial charge in [-0.2, -0.15) is 0 Å². The van der Waals surface area contributed by atoms with Crippen molar-refractivity contribution in [2.24, 2.45) is 0 Å². The second-order valence-corrected chi connectivity index (χ2v) is 4.33. The molecule has 0 saturated carbocycles. The summed E-state index contributed by atoms with van der Waals surface area (Å²) in [5, 5.41) is 9.86. The number of hydrogen-bond acceptors (Lipinski definition) is 2. The fraction of sp³-hybridized carbons (Fsp3) is 0.643. The van der Waals surface area contributed by atoms with Crippen LogP contribution < -0.4 is 0 Å². The summed E-state index contributed by atoms with van der Waals surface area (Å²) in [6, 6.07) is 5.69. The zero-order valence-corrected chi connectivity index (χ0v) is 10.2. The minimum Gasteiger partial charge on any atom is -0.387 e. The maximum absolute atomic E-state index is 9.86. The van der Waals surface area contributed by atoms with E-state index in [4.69, 9.17) is 0 Å². The number of unbranched alkanes of at least 4 members (excludes halogenated alkanes) is 5. The zero-order chi connectivity index (χ0) is 11.6. The van der Waals surface area contributed by atoms with E-state index in [0.717, 1.165) is 18.5 Å². The molecule has 1 aromatic heterocycles. The Morgan fingerprint density at radius 3 is 2.56 bits per heavy atom. The molecule has 0 amide bonds. The van der Waals surface area contributed by atoms with Gasteiger partial charge in [0.2, 0.25) is 0 Å². The molecule has 0 bridgehead atoms. The summed E-state index contributed by atoms with van der Waals surface area (Å²) in [5.74, 6) is 0. The highest BCUT2D eigenvalue weighted by atomic mass is 16.3. The van der Waals surface area contributed by atoms with E-state index >= 15 is 0 Å². The second-order valence-electron chi connectivity index (χ2n) is 4.33. The van der Waals surface area contributed by atoms with E-state index < -0.39 is 0 Å². The summed E-state index contributed by atoms with van der Waals surface area (Å²) in [6.45, 7) is 2.23. The van der Waals surface area contributed by atoms with Crippen molar-refractivity contribution in [2.45, 2.75) is 58.0 Å². The van der Waals surface area contributed by atoms with Crippen LogP contribution in [0.5, 0.6) is 0 Å². The first-order valence-corrected chi connectivity index (χ1v) is 6.43. The van der Waals surface area contributed by atoms with E-state index in [-0.39, 0.29) is 6.10 Å². The second kappa shape index (κ2) is 8.28. The molecular weight excluding hydrogens is 198 g/mol. The summed E-state index contributed by atoms with van der Waals surface area (Å²) < 4.78 is 0. The third kappa shape index (κ3) is 5.26. The van der Waals surface area contributed by atoms with E-state index in [0.29, 0.717) is 0 Å². The largest absolute Gasteiger partial charge is 0.387 e. The molecule has 1 atom stereocenters. The maximum Gasteiger partial charge on any atom is 0.0959 e. The first-order valence-electron chi connectivity index (χ1n) is 6.43. The number of rotatable bonds is 8. The van der Waals surface area contributed by atoms with Crippen LogP contribution in [0, 0.1) is 0 Å². The molecule has 1 aromatic rings. The number of aliphatic hydroxyl groups excluding tert-OH is 1. The highest BCUT2D eigenvalue weighted by Gasteiger charge is 2.07. The molecule has 16 heavy (non-hydrogen) atoms. The number of hydrogen-bond donors (Lipinski definition) is 1. The third-order valence-corrected chi connectivity index (χ3v) is 2.86. The van der Waals surface area contributed by atoms with Gasteiger partial charge in [0.1, 0.15) is 0 Å². The molecular formula is C14H23NO. The summed E-state index contributed by atoms with van der Waals surface area (Å²) >= 11 is 0. The Balaban J connectivity index is 2.09. The van der Waals surface area contributed by atoms with Crippen LogP contribution >= 0.6 is 0 Å². The van der Waals surface area contributed by atoms with Crippen LogP contribution in [-0.2, 0) is 0 Å². The lowest BCUT2D eigenvalue weighted by atomic mass is 10.1. The van der Waals surface area contributed by atoms with Crippen molar-refractivity contribution in [2.75, 3.05) is 0 Å². The molecule has 0 radical (unpaired) electrons. The average molecular weight is 221 g/mol. The first kappa shape index (κ1) is 13.2. The fourth-order valence-electron chi connectivity index (χ4n) is 1.84. The number of aliphatic hydroxyl groups is 1. The van der Waals surface area contributed by atoms with Gasteiger partial charge >= 0.3 is 0 Å². The predicted molar refractivity (Wildman–Crippen MR) is 67.2 cm³/mol. The molecule has 0 aliphatic rings. The van der Waals surface area contributed by atoms with Gasteiger partial charge in [-0.15, -0.1) is 0 Å². The molecule has 0 aliphatic heterocycles. The number of pyridine rings is 1. The highest BCUT2D eigenvalue weighted by molar-refractivity contribution is 5.06. The van der Waals surface area contributed by atoms with Crippen molar-refractivity contribution >= 4 is 0 Å². The molecule has 90 valence electrons. The maximum atomic E-state index is 9.86. The van der Waals surface area contributed by atoms with Crippen LogP contribution in [0.2, 0.25) is 0 Å². The molecule has 1 N–H and O–H groups in total. The fourth-order valence-corrected chi connectivity index (χ4v) is 1.84. The third-order valence-electron chi connectivity index (χ3n) is 2.86. The molecule has 0 saturated heterocycles. The Morgan fingerprint density at radius 1 is 1.12 bits per heavy atom. The lowest BCUT2D eigenvalue weighted by molar-refractivity contribution is 0.158. The van der Waals surface area contributed by atoms with Crippen molar-refractivity contribution in [3.8, 4) is 0 Å². The molecule has 0 aromatic carbocycles. The lowest BCUT2D eigenvalue weighted by Crippen LogP contribution is -1.99. The Morgan fingerprint density at radius 2 is 1.88 bits per heavy atom. The van der Waals surface area contributed by atoms with Crippen LogP contribution in [0.1, 0.15) is 63.7 Å². The Kier molecular flexibility index (Phi) is 6.82. The minimum atomic E-state index is -0.382. The molecule has 1 heterocycles. The van der Waals surface area contributed by atoms with Gasteiger partial charge in [-0.3, -0.25) is 4.98 Å². The van der Waals surface area contributed by atoms with Crippen LogP contribution in [0.4, 0.5) is 0 Å². The van der Waals surface area contributed by atoms with Crippen LogP contribution in [-0.4, -0.2) is 10.1 Å². The van der Waals surface area contributed by atoms with Gasteiger partial charge in [-0.25, -0.2) is 0 Å². The van der Waals surface area contributed by atoms with E-state index in [9.17, 15) is 5.11 Å². The molecule has 0 aliphatic carbocycles. The van der Waals surface area contributed by atoms with Crippen molar-refractivity contribution in [3.63, 3.8) is 0 Å². The van der Waals surface area contributed by atoms with Crippen molar-refractivity contribution in [1.29, 1.82) is 0 Å². The standard InChI is InChI=1S/C14H23NO/c1-2-3-4-5-6-7-11-14(16)13-10-8-9-12-15-13/h8-10,12,14,16H,2-7,11H2,1H3. The van der Waals surface area contributed by atoms with Crippen molar-refractivity contribution in [3.05, 3.63) is 30.1 Å². The Hall–Kier alpha value is -0.890. The Labute approximate surface area is 98.7 Å². The summed E-state index contributed by atoms with van der Waals surface area (Å²) in [4.78, 5) is 4.16. The smallest absolute Gasteiger partial charge is 0.0959 e. The normalized spacial score (nSPS) is 12.6. The van der Waals surface area contributed by atoms with E-state index in [2.05, 4.69) is 11.9 Å². The number of nitrogens with zero attached hydrogens (tertiary/aromatic N) is 1. The van der Waals surface area contributed by atoms with Crippen LogP contribution in [0.25, 0.3) is 0 Å². The van der Waals surface area contributed by atoms with E-state index in [1.807, 2.05) is 18.2 Å². The van der Waals surface area contributed by atoms with Gasteiger partial charge in [0, 0.05) is 6.20 Å². The van der Waals surface area contributed by atoms with Gasteiger partial charge in [0.15, 0.2) is 0 Å². The SMILES string of the molecule is CCCCCCCCC(O)c1ccccn1. The summed E-state index contributed by atoms with van der Waals surface area (Å²) in [6.07, 6.45) is 9.76. The lowest BCUT2D eigenvalue weighted by Gasteiger charge is -2.09. The first-order chi connectivity index (χ1) is 7.84. The van der Waals surface area contributed by atoms with Gasteiger partial charge in [-0.05, 0) is 18.6 Å². The van der Waals surface area contributed by atoms with Crippen molar-refractivity contribution < 1.29 is 5.11 Å². The summed E-state index contributed by atoms with van der Waals surface area (Å²) in [7, 11) is 0. The minimum absolute atomic E-state index is 0.382. The van der Waals surface area contributed by atoms with E-state index in [1.54, 1.807) is 6.20 Å². The van der Waals surface area contributed by atoms with E-state index in [1.165, 1.54) is 32.1 Å². The van der Waals surface area contributed by atoms with Gasteiger partial charge in [-0.1, -0.05) is 51.5 Å². The van der Waals surface area contributed by atoms with Crippen LogP contribution in [0.3, 0.4) is 0 Å². The quantitative estimate of drug-likeness (QED) is 0.676. The number of aromatic nitrogens is 1. The Bertz CT molecular complexity index is 261. The van der Waals surface area contributed by atoms with Crippen LogP contribution in [0.15, 0.2) is 24.4 Å². The molecule has 1 rings (SSSR count). The molecule has 2 nitrogen and oxygen atoms in total. The van der Waals surface area contributed by atoms with Gasteiger partial charge in [0.05, 0.1) is 11.8 Å². The van der Waals surface area contributed by atoms with Gasteiger partial charge in [0.25, 0.3) is 0 Å².